The van der Waals surface area contributed by atoms with Crippen LogP contribution in [0.25, 0.3) is 0 Å². The van der Waals surface area contributed by atoms with Gasteiger partial charge in [0.15, 0.2) is 0 Å². The van der Waals surface area contributed by atoms with Crippen LogP contribution in [0.2, 0.25) is 0 Å². The molecule has 1 aromatic rings. The maximum Gasteiger partial charge on any atom is 0.0234 e. The third-order valence-corrected chi connectivity index (χ3v) is 5.72. The van der Waals surface area contributed by atoms with E-state index < -0.39 is 0 Å². The van der Waals surface area contributed by atoms with Crippen LogP contribution in [-0.4, -0.2) is 66.6 Å². The molecule has 2 fully saturated rings. The molecule has 0 aliphatic carbocycles. The second-order valence-corrected chi connectivity index (χ2v) is 7.52. The van der Waals surface area contributed by atoms with Crippen LogP contribution in [0, 0.1) is 0 Å². The van der Waals surface area contributed by atoms with Crippen molar-refractivity contribution in [2.24, 2.45) is 0 Å². The minimum absolute atomic E-state index is 0.817. The summed E-state index contributed by atoms with van der Waals surface area (Å²) in [6.07, 6.45) is 2.67. The molecular weight excluding hydrogens is 338 g/mol. The SMILES string of the molecule is CCN1CCN(C2CCN(Cc3cccc(Br)c3)CC2)CC1. The lowest BCUT2D eigenvalue weighted by molar-refractivity contribution is 0.0593. The molecular formula is C18H28BrN3. The predicted octanol–water partition coefficient (Wildman–Crippen LogP) is 3.05. The Morgan fingerprint density at radius 2 is 1.73 bits per heavy atom. The monoisotopic (exact) mass is 365 g/mol. The van der Waals surface area contributed by atoms with Gasteiger partial charge in [-0.2, -0.15) is 0 Å². The lowest BCUT2D eigenvalue weighted by atomic mass is 10.0. The summed E-state index contributed by atoms with van der Waals surface area (Å²) in [5.41, 5.74) is 1.42. The number of rotatable bonds is 4. The zero-order valence-corrected chi connectivity index (χ0v) is 15.3. The average Bonchev–Trinajstić information content (AvgIpc) is 2.56. The van der Waals surface area contributed by atoms with Crippen LogP contribution in [-0.2, 0) is 6.54 Å². The van der Waals surface area contributed by atoms with Crippen LogP contribution in [0.4, 0.5) is 0 Å². The molecule has 2 aliphatic rings. The molecule has 0 aromatic heterocycles. The molecule has 0 bridgehead atoms. The number of likely N-dealkylation sites (tertiary alicyclic amines) is 1. The highest BCUT2D eigenvalue weighted by atomic mass is 79.9. The molecule has 2 heterocycles. The van der Waals surface area contributed by atoms with Crippen molar-refractivity contribution in [2.75, 3.05) is 45.8 Å². The first-order valence-electron chi connectivity index (χ1n) is 8.68. The molecule has 0 N–H and O–H groups in total. The molecule has 3 rings (SSSR count). The standard InChI is InChI=1S/C18H28BrN3/c1-2-20-10-12-22(13-11-20)18-6-8-21(9-7-18)15-16-4-3-5-17(19)14-16/h3-5,14,18H,2,6-13,15H2,1H3. The second kappa shape index (κ2) is 7.91. The summed E-state index contributed by atoms with van der Waals surface area (Å²) in [4.78, 5) is 7.92. The third-order valence-electron chi connectivity index (χ3n) is 5.22. The highest BCUT2D eigenvalue weighted by Crippen LogP contribution is 2.21. The summed E-state index contributed by atoms with van der Waals surface area (Å²) in [6.45, 7) is 12.1. The molecule has 0 spiro atoms. The first-order valence-corrected chi connectivity index (χ1v) is 9.47. The number of hydrogen-bond acceptors (Lipinski definition) is 3. The molecule has 122 valence electrons. The van der Waals surface area contributed by atoms with Gasteiger partial charge in [-0.3, -0.25) is 9.80 Å². The summed E-state index contributed by atoms with van der Waals surface area (Å²) in [5.74, 6) is 0. The van der Waals surface area contributed by atoms with Gasteiger partial charge < -0.3 is 4.90 Å². The fourth-order valence-electron chi connectivity index (χ4n) is 3.78. The summed E-state index contributed by atoms with van der Waals surface area (Å²) < 4.78 is 1.19. The van der Waals surface area contributed by atoms with Crippen molar-refractivity contribution in [1.29, 1.82) is 0 Å². The number of benzene rings is 1. The molecule has 3 nitrogen and oxygen atoms in total. The third kappa shape index (κ3) is 4.31. The molecule has 1 aromatic carbocycles. The van der Waals surface area contributed by atoms with Crippen molar-refractivity contribution in [2.45, 2.75) is 32.4 Å². The topological polar surface area (TPSA) is 9.72 Å². The maximum absolute atomic E-state index is 3.57. The van der Waals surface area contributed by atoms with Gasteiger partial charge in [0.25, 0.3) is 0 Å². The number of nitrogens with zero attached hydrogens (tertiary/aromatic N) is 3. The molecule has 0 radical (unpaired) electrons. The molecule has 2 saturated heterocycles. The average molecular weight is 366 g/mol. The van der Waals surface area contributed by atoms with E-state index in [1.54, 1.807) is 0 Å². The lowest BCUT2D eigenvalue weighted by Crippen LogP contribution is -2.52. The van der Waals surface area contributed by atoms with E-state index in [1.165, 1.54) is 68.7 Å². The van der Waals surface area contributed by atoms with Crippen LogP contribution in [0.1, 0.15) is 25.3 Å². The Morgan fingerprint density at radius 3 is 2.36 bits per heavy atom. The minimum atomic E-state index is 0.817. The van der Waals surface area contributed by atoms with Crippen molar-refractivity contribution in [1.82, 2.24) is 14.7 Å². The van der Waals surface area contributed by atoms with Crippen molar-refractivity contribution in [3.63, 3.8) is 0 Å². The Hall–Kier alpha value is -0.420. The second-order valence-electron chi connectivity index (χ2n) is 6.61. The largest absolute Gasteiger partial charge is 0.301 e. The number of halogens is 1. The summed E-state index contributed by atoms with van der Waals surface area (Å²) >= 11 is 3.57. The van der Waals surface area contributed by atoms with Gasteiger partial charge in [-0.15, -0.1) is 0 Å². The molecule has 4 heteroatoms. The maximum atomic E-state index is 3.57. The van der Waals surface area contributed by atoms with E-state index in [-0.39, 0.29) is 0 Å². The smallest absolute Gasteiger partial charge is 0.0234 e. The molecule has 0 unspecified atom stereocenters. The van der Waals surface area contributed by atoms with E-state index in [1.807, 2.05) is 0 Å². The zero-order valence-electron chi connectivity index (χ0n) is 13.7. The first kappa shape index (κ1) is 16.4. The van der Waals surface area contributed by atoms with E-state index >= 15 is 0 Å². The van der Waals surface area contributed by atoms with E-state index in [0.29, 0.717) is 0 Å². The Kier molecular flexibility index (Phi) is 5.91. The van der Waals surface area contributed by atoms with Crippen LogP contribution in [0.3, 0.4) is 0 Å². The van der Waals surface area contributed by atoms with Crippen molar-refractivity contribution in [3.05, 3.63) is 34.3 Å². The van der Waals surface area contributed by atoms with Crippen molar-refractivity contribution in [3.8, 4) is 0 Å². The van der Waals surface area contributed by atoms with E-state index in [0.717, 1.165) is 12.6 Å². The fourth-order valence-corrected chi connectivity index (χ4v) is 4.23. The summed E-state index contributed by atoms with van der Waals surface area (Å²) in [7, 11) is 0. The van der Waals surface area contributed by atoms with Gasteiger partial charge in [0.05, 0.1) is 0 Å². The van der Waals surface area contributed by atoms with Crippen LogP contribution >= 0.6 is 15.9 Å². The van der Waals surface area contributed by atoms with Crippen LogP contribution in [0.15, 0.2) is 28.7 Å². The Labute approximate surface area is 143 Å². The summed E-state index contributed by atoms with van der Waals surface area (Å²) in [5, 5.41) is 0. The number of piperidine rings is 1. The number of piperazine rings is 1. The first-order chi connectivity index (χ1) is 10.7. The molecule has 0 amide bonds. The zero-order chi connectivity index (χ0) is 15.4. The fraction of sp³-hybridized carbons (Fsp3) is 0.667. The Morgan fingerprint density at radius 1 is 1.00 bits per heavy atom. The van der Waals surface area contributed by atoms with Gasteiger partial charge in [0.2, 0.25) is 0 Å². The van der Waals surface area contributed by atoms with E-state index in [4.69, 9.17) is 0 Å². The highest BCUT2D eigenvalue weighted by Gasteiger charge is 2.26. The molecule has 22 heavy (non-hydrogen) atoms. The molecule has 0 atom stereocenters. The van der Waals surface area contributed by atoms with E-state index in [2.05, 4.69) is 61.8 Å². The van der Waals surface area contributed by atoms with Gasteiger partial charge in [-0.1, -0.05) is 35.0 Å². The normalized spacial score (nSPS) is 23.0. The number of likely N-dealkylation sites (N-methyl/N-ethyl adjacent to an activating group) is 1. The highest BCUT2D eigenvalue weighted by molar-refractivity contribution is 9.10. The summed E-state index contributed by atoms with van der Waals surface area (Å²) in [6, 6.07) is 9.54. The predicted molar refractivity (Wildman–Crippen MR) is 96.1 cm³/mol. The molecule has 0 saturated carbocycles. The Bertz CT molecular complexity index is 463. The van der Waals surface area contributed by atoms with Gasteiger partial charge >= 0.3 is 0 Å². The quantitative estimate of drug-likeness (QED) is 0.811. The van der Waals surface area contributed by atoms with Crippen molar-refractivity contribution >= 4 is 15.9 Å². The van der Waals surface area contributed by atoms with Gasteiger partial charge in [0.1, 0.15) is 0 Å². The number of hydrogen-bond donors (Lipinski definition) is 0. The van der Waals surface area contributed by atoms with Gasteiger partial charge in [-0.25, -0.2) is 0 Å². The van der Waals surface area contributed by atoms with Crippen LogP contribution in [0.5, 0.6) is 0 Å². The van der Waals surface area contributed by atoms with Crippen molar-refractivity contribution < 1.29 is 0 Å². The van der Waals surface area contributed by atoms with E-state index in [9.17, 15) is 0 Å². The lowest BCUT2D eigenvalue weighted by Gasteiger charge is -2.42. The van der Waals surface area contributed by atoms with Gasteiger partial charge in [-0.05, 0) is 50.2 Å². The minimum Gasteiger partial charge on any atom is -0.301 e. The van der Waals surface area contributed by atoms with Gasteiger partial charge in [0, 0.05) is 43.2 Å². The Balaban J connectivity index is 1.44. The molecule has 2 aliphatic heterocycles. The van der Waals surface area contributed by atoms with Crippen LogP contribution < -0.4 is 0 Å².